The molecule has 4 fully saturated rings. The van der Waals surface area contributed by atoms with Crippen molar-refractivity contribution in [2.75, 3.05) is 6.61 Å². The van der Waals surface area contributed by atoms with Crippen molar-refractivity contribution >= 4 is 5.97 Å². The minimum absolute atomic E-state index is 0.00806. The van der Waals surface area contributed by atoms with E-state index in [1.165, 1.54) is 116 Å². The van der Waals surface area contributed by atoms with E-state index in [1.807, 2.05) is 0 Å². The molecule has 4 aliphatic rings. The first-order chi connectivity index (χ1) is 24.1. The topological polar surface area (TPSA) is 46.5 Å². The molecule has 4 saturated carbocycles. The smallest absolute Gasteiger partial charge is 0.305 e. The highest BCUT2D eigenvalue weighted by Crippen LogP contribution is 2.68. The van der Waals surface area contributed by atoms with E-state index in [0.29, 0.717) is 35.7 Å². The first-order valence-electron chi connectivity index (χ1n) is 22.6. The third kappa shape index (κ3) is 11.6. The van der Waals surface area contributed by atoms with E-state index in [9.17, 15) is 9.90 Å². The van der Waals surface area contributed by atoms with Crippen molar-refractivity contribution in [2.24, 2.45) is 58.2 Å². The Hall–Kier alpha value is -0.830. The first-order valence-corrected chi connectivity index (χ1v) is 22.6. The number of unbranched alkanes of at least 4 members (excludes halogenated alkanes) is 8. The molecule has 0 aromatic heterocycles. The van der Waals surface area contributed by atoms with Crippen LogP contribution < -0.4 is 0 Å². The van der Waals surface area contributed by atoms with Crippen molar-refractivity contribution in [3.63, 3.8) is 0 Å². The lowest BCUT2D eigenvalue weighted by Crippen LogP contribution is -2.53. The van der Waals surface area contributed by atoms with Gasteiger partial charge in [0.05, 0.1) is 12.7 Å². The van der Waals surface area contributed by atoms with Gasteiger partial charge in [0.15, 0.2) is 0 Å². The molecule has 1 N–H and O–H groups in total. The van der Waals surface area contributed by atoms with Crippen LogP contribution in [0.1, 0.15) is 208 Å². The zero-order valence-corrected chi connectivity index (χ0v) is 34.2. The molecule has 4 aliphatic carbocycles. The van der Waals surface area contributed by atoms with Crippen LogP contribution in [-0.4, -0.2) is 23.8 Å². The Balaban J connectivity index is 1.06. The van der Waals surface area contributed by atoms with Gasteiger partial charge in [-0.25, -0.2) is 0 Å². The summed E-state index contributed by atoms with van der Waals surface area (Å²) in [6.07, 6.45) is 36.9. The van der Waals surface area contributed by atoms with Gasteiger partial charge >= 0.3 is 5.97 Å². The standard InChI is InChI=1S/C47H84O3/c1-7-8-9-16-22-40(48)23-17-14-12-10-11-13-15-18-24-45(49)50-35-32-38(36(2)3)26-25-37(4)42-29-30-43-41-28-27-39-21-19-20-33-46(39,5)44(41)31-34-47(42,43)6/h14,17,36-44,48H,7-13,15-16,18-35H2,1-6H3/b17-14-/t37-,38+,39?,40-,41+,42-,43+,44+,46+,47-/m1/s1. The molecular formula is C47H84O3. The second-order valence-electron chi connectivity index (χ2n) is 19.2. The lowest BCUT2D eigenvalue weighted by Gasteiger charge is -2.61. The summed E-state index contributed by atoms with van der Waals surface area (Å²) in [5.74, 6) is 7.02. The number of hydrogen-bond donors (Lipinski definition) is 1. The summed E-state index contributed by atoms with van der Waals surface area (Å²) < 4.78 is 5.77. The molecule has 4 rings (SSSR count). The van der Waals surface area contributed by atoms with E-state index in [1.54, 1.807) is 0 Å². The van der Waals surface area contributed by atoms with Crippen LogP contribution >= 0.6 is 0 Å². The summed E-state index contributed by atoms with van der Waals surface area (Å²) in [7, 11) is 0. The quantitative estimate of drug-likeness (QED) is 0.0657. The van der Waals surface area contributed by atoms with Gasteiger partial charge in [-0.3, -0.25) is 4.79 Å². The lowest BCUT2D eigenvalue weighted by atomic mass is 9.44. The lowest BCUT2D eigenvalue weighted by molar-refractivity contribution is -0.144. The second kappa shape index (κ2) is 21.2. The van der Waals surface area contributed by atoms with Crippen LogP contribution in [0.5, 0.6) is 0 Å². The maximum absolute atomic E-state index is 12.5. The molecule has 290 valence electrons. The van der Waals surface area contributed by atoms with Gasteiger partial charge in [-0.05, 0) is 154 Å². The monoisotopic (exact) mass is 697 g/mol. The third-order valence-electron chi connectivity index (χ3n) is 15.7. The molecule has 0 bridgehead atoms. The number of allylic oxidation sites excluding steroid dienone is 1. The van der Waals surface area contributed by atoms with Crippen molar-refractivity contribution in [2.45, 2.75) is 215 Å². The number of carbonyl (C=O) groups excluding carboxylic acids is 1. The van der Waals surface area contributed by atoms with Crippen molar-refractivity contribution in [3.8, 4) is 0 Å². The summed E-state index contributed by atoms with van der Waals surface area (Å²) in [6, 6.07) is 0. The minimum Gasteiger partial charge on any atom is -0.466 e. The van der Waals surface area contributed by atoms with E-state index < -0.39 is 0 Å². The maximum atomic E-state index is 12.5. The molecule has 0 aromatic rings. The predicted molar refractivity (Wildman–Crippen MR) is 213 cm³/mol. The van der Waals surface area contributed by atoms with Gasteiger partial charge in [0.25, 0.3) is 0 Å². The highest BCUT2D eigenvalue weighted by Gasteiger charge is 2.60. The van der Waals surface area contributed by atoms with E-state index in [0.717, 1.165) is 80.5 Å². The number of aliphatic hydroxyl groups is 1. The van der Waals surface area contributed by atoms with Gasteiger partial charge in [0.2, 0.25) is 0 Å². The molecule has 3 heteroatoms. The first kappa shape index (κ1) is 41.9. The van der Waals surface area contributed by atoms with E-state index in [4.69, 9.17) is 4.74 Å². The third-order valence-corrected chi connectivity index (χ3v) is 15.7. The number of esters is 1. The Labute approximate surface area is 311 Å². The average molecular weight is 697 g/mol. The van der Waals surface area contributed by atoms with Gasteiger partial charge in [-0.1, -0.05) is 118 Å². The highest BCUT2D eigenvalue weighted by molar-refractivity contribution is 5.69. The highest BCUT2D eigenvalue weighted by atomic mass is 16.5. The van der Waals surface area contributed by atoms with E-state index in [-0.39, 0.29) is 12.1 Å². The van der Waals surface area contributed by atoms with Crippen LogP contribution in [0.2, 0.25) is 0 Å². The fourth-order valence-electron chi connectivity index (χ4n) is 12.5. The zero-order chi connectivity index (χ0) is 36.0. The number of fused-ring (bicyclic) bond motifs is 5. The molecule has 1 unspecified atom stereocenters. The van der Waals surface area contributed by atoms with Crippen molar-refractivity contribution < 1.29 is 14.6 Å². The van der Waals surface area contributed by atoms with Gasteiger partial charge < -0.3 is 9.84 Å². The van der Waals surface area contributed by atoms with Crippen LogP contribution in [0, 0.1) is 58.2 Å². The van der Waals surface area contributed by atoms with Crippen LogP contribution in [0.3, 0.4) is 0 Å². The van der Waals surface area contributed by atoms with Gasteiger partial charge in [-0.15, -0.1) is 0 Å². The Kier molecular flexibility index (Phi) is 17.7. The second-order valence-corrected chi connectivity index (χ2v) is 19.2. The number of aliphatic hydroxyl groups excluding tert-OH is 1. The molecule has 0 heterocycles. The molecular weight excluding hydrogens is 613 g/mol. The molecule has 3 nitrogen and oxygen atoms in total. The summed E-state index contributed by atoms with van der Waals surface area (Å²) in [5.41, 5.74) is 1.22. The summed E-state index contributed by atoms with van der Waals surface area (Å²) in [6.45, 7) is 15.6. The predicted octanol–water partition coefficient (Wildman–Crippen LogP) is 13.7. The molecule has 50 heavy (non-hydrogen) atoms. The number of ether oxygens (including phenoxy) is 1. The minimum atomic E-state index is -0.171. The molecule has 0 saturated heterocycles. The fraction of sp³-hybridized carbons (Fsp3) is 0.936. The molecule has 0 amide bonds. The molecule has 0 radical (unpaired) electrons. The average Bonchev–Trinajstić information content (AvgIpc) is 3.45. The number of carbonyl (C=O) groups is 1. The molecule has 0 aliphatic heterocycles. The Morgan fingerprint density at radius 1 is 0.760 bits per heavy atom. The molecule has 10 atom stereocenters. The van der Waals surface area contributed by atoms with Crippen molar-refractivity contribution in [1.29, 1.82) is 0 Å². The van der Waals surface area contributed by atoms with Crippen molar-refractivity contribution in [3.05, 3.63) is 12.2 Å². The van der Waals surface area contributed by atoms with Crippen molar-refractivity contribution in [1.82, 2.24) is 0 Å². The number of rotatable bonds is 23. The maximum Gasteiger partial charge on any atom is 0.305 e. The van der Waals surface area contributed by atoms with Gasteiger partial charge in [-0.2, -0.15) is 0 Å². The Morgan fingerprint density at radius 3 is 2.32 bits per heavy atom. The van der Waals surface area contributed by atoms with Crippen LogP contribution in [0.15, 0.2) is 12.2 Å². The summed E-state index contributed by atoms with van der Waals surface area (Å²) >= 11 is 0. The van der Waals surface area contributed by atoms with Crippen LogP contribution in [0.4, 0.5) is 0 Å². The number of hydrogen-bond acceptors (Lipinski definition) is 3. The Bertz CT molecular complexity index is 987. The normalized spacial score (nSPS) is 32.8. The van der Waals surface area contributed by atoms with Gasteiger partial charge in [0, 0.05) is 6.42 Å². The van der Waals surface area contributed by atoms with E-state index in [2.05, 4.69) is 53.7 Å². The molecule has 0 aromatic carbocycles. The Morgan fingerprint density at radius 2 is 1.52 bits per heavy atom. The summed E-state index contributed by atoms with van der Waals surface area (Å²) in [5, 5.41) is 10.1. The van der Waals surface area contributed by atoms with Crippen LogP contribution in [0.25, 0.3) is 0 Å². The largest absolute Gasteiger partial charge is 0.466 e. The van der Waals surface area contributed by atoms with Crippen LogP contribution in [-0.2, 0) is 9.53 Å². The van der Waals surface area contributed by atoms with Gasteiger partial charge in [0.1, 0.15) is 0 Å². The summed E-state index contributed by atoms with van der Waals surface area (Å²) in [4.78, 5) is 12.5. The van der Waals surface area contributed by atoms with E-state index >= 15 is 0 Å². The molecule has 0 spiro atoms. The SMILES string of the molecule is CCCCCC[C@@H](O)C/C=C\CCCCCCCC(=O)OCC[C@H](CC[C@@H](C)[C@H]1CC[C@H]2[C@@H]3CCC4CCCC[C@]4(C)[C@H]3CC[C@]12C)C(C)C. The fourth-order valence-corrected chi connectivity index (χ4v) is 12.5. The zero-order valence-electron chi connectivity index (χ0n) is 34.2.